The molecule has 0 aliphatic carbocycles. The van der Waals surface area contributed by atoms with Crippen molar-refractivity contribution in [2.24, 2.45) is 0 Å². The molecule has 0 aromatic heterocycles. The van der Waals surface area contributed by atoms with Crippen LogP contribution in [0, 0.1) is 0 Å². The van der Waals surface area contributed by atoms with Gasteiger partial charge < -0.3 is 20.1 Å². The zero-order chi connectivity index (χ0) is 17.8. The van der Waals surface area contributed by atoms with Gasteiger partial charge in [-0.3, -0.25) is 9.59 Å². The fourth-order valence-electron chi connectivity index (χ4n) is 2.25. The lowest BCUT2D eigenvalue weighted by atomic mass is 10.2. The maximum atomic E-state index is 11.9. The maximum Gasteiger partial charge on any atom is 0.233 e. The van der Waals surface area contributed by atoms with Gasteiger partial charge in [0.15, 0.2) is 11.5 Å². The van der Waals surface area contributed by atoms with Crippen molar-refractivity contribution in [3.05, 3.63) is 52.0 Å². The molecule has 3 rings (SSSR count). The Hall–Kier alpha value is -2.44. The average Bonchev–Trinajstić information content (AvgIpc) is 3.03. The van der Waals surface area contributed by atoms with Gasteiger partial charge in [0, 0.05) is 11.6 Å². The van der Waals surface area contributed by atoms with Gasteiger partial charge in [0.05, 0.1) is 10.7 Å². The molecular formula is C17H14Cl2N2O4. The van der Waals surface area contributed by atoms with E-state index in [1.165, 1.54) is 6.07 Å². The largest absolute Gasteiger partial charge is 0.454 e. The highest BCUT2D eigenvalue weighted by molar-refractivity contribution is 6.36. The minimum Gasteiger partial charge on any atom is -0.454 e. The molecule has 0 saturated carbocycles. The molecule has 130 valence electrons. The third kappa shape index (κ3) is 4.55. The Kier molecular flexibility index (Phi) is 5.31. The van der Waals surface area contributed by atoms with Gasteiger partial charge in [-0.1, -0.05) is 29.3 Å². The molecule has 8 heteroatoms. The predicted molar refractivity (Wildman–Crippen MR) is 94.1 cm³/mol. The number of carbonyl (C=O) groups is 2. The molecule has 0 radical (unpaired) electrons. The molecule has 0 saturated heterocycles. The fourth-order valence-corrected chi connectivity index (χ4v) is 2.70. The number of anilines is 1. The Balaban J connectivity index is 1.49. The monoisotopic (exact) mass is 380 g/mol. The van der Waals surface area contributed by atoms with E-state index in [0.29, 0.717) is 27.2 Å². The summed E-state index contributed by atoms with van der Waals surface area (Å²) in [5.41, 5.74) is 1.25. The number of ether oxygens (including phenoxy) is 2. The SMILES string of the molecule is O=C(CC(=O)Nc1ccc(Cl)cc1Cl)NCc1ccc2c(c1)OCO2. The van der Waals surface area contributed by atoms with Gasteiger partial charge in [0.25, 0.3) is 0 Å². The Morgan fingerprint density at radius 2 is 1.80 bits per heavy atom. The molecular weight excluding hydrogens is 367 g/mol. The smallest absolute Gasteiger partial charge is 0.233 e. The fraction of sp³-hybridized carbons (Fsp3) is 0.176. The zero-order valence-electron chi connectivity index (χ0n) is 13.0. The number of amides is 2. The molecule has 0 atom stereocenters. The number of benzene rings is 2. The molecule has 1 aliphatic heterocycles. The van der Waals surface area contributed by atoms with Gasteiger partial charge in [-0.15, -0.1) is 0 Å². The Bertz CT molecular complexity index is 826. The van der Waals surface area contributed by atoms with Crippen molar-refractivity contribution >= 4 is 40.7 Å². The minimum atomic E-state index is -0.465. The number of carbonyl (C=O) groups excluding carboxylic acids is 2. The second-order valence-electron chi connectivity index (χ2n) is 5.31. The summed E-state index contributed by atoms with van der Waals surface area (Å²) < 4.78 is 10.5. The van der Waals surface area contributed by atoms with Crippen LogP contribution >= 0.6 is 23.2 Å². The molecule has 0 unspecified atom stereocenters. The van der Waals surface area contributed by atoms with Gasteiger partial charge >= 0.3 is 0 Å². The van der Waals surface area contributed by atoms with Crippen molar-refractivity contribution in [3.63, 3.8) is 0 Å². The number of fused-ring (bicyclic) bond motifs is 1. The summed E-state index contributed by atoms with van der Waals surface area (Å²) in [6, 6.07) is 10.1. The van der Waals surface area contributed by atoms with Crippen LogP contribution < -0.4 is 20.1 Å². The number of halogens is 2. The summed E-state index contributed by atoms with van der Waals surface area (Å²) in [6.45, 7) is 0.475. The molecule has 0 spiro atoms. The second-order valence-corrected chi connectivity index (χ2v) is 6.16. The van der Waals surface area contributed by atoms with E-state index in [1.54, 1.807) is 24.3 Å². The highest BCUT2D eigenvalue weighted by Crippen LogP contribution is 2.32. The standard InChI is InChI=1S/C17H14Cl2N2O4/c18-11-2-3-13(12(19)6-11)21-17(23)7-16(22)20-8-10-1-4-14-15(5-10)25-9-24-14/h1-6H,7-9H2,(H,20,22)(H,21,23). The lowest BCUT2D eigenvalue weighted by Crippen LogP contribution is -2.27. The molecule has 25 heavy (non-hydrogen) atoms. The van der Waals surface area contributed by atoms with Crippen LogP contribution in [-0.4, -0.2) is 18.6 Å². The lowest BCUT2D eigenvalue weighted by Gasteiger charge is -2.08. The first-order valence-electron chi connectivity index (χ1n) is 7.41. The number of rotatable bonds is 5. The van der Waals surface area contributed by atoms with Crippen molar-refractivity contribution in [2.45, 2.75) is 13.0 Å². The number of hydrogen-bond donors (Lipinski definition) is 2. The van der Waals surface area contributed by atoms with E-state index in [2.05, 4.69) is 10.6 Å². The molecule has 6 nitrogen and oxygen atoms in total. The van der Waals surface area contributed by atoms with Crippen molar-refractivity contribution in [1.29, 1.82) is 0 Å². The molecule has 1 heterocycles. The molecule has 2 aromatic rings. The summed E-state index contributed by atoms with van der Waals surface area (Å²) in [7, 11) is 0. The lowest BCUT2D eigenvalue weighted by molar-refractivity contribution is -0.126. The third-order valence-corrected chi connectivity index (χ3v) is 4.00. The maximum absolute atomic E-state index is 11.9. The van der Waals surface area contributed by atoms with Gasteiger partial charge in [-0.05, 0) is 35.9 Å². The summed E-state index contributed by atoms with van der Waals surface area (Å²) in [6.07, 6.45) is -0.316. The molecule has 1 aliphatic rings. The van der Waals surface area contributed by atoms with E-state index in [-0.39, 0.29) is 19.8 Å². The quantitative estimate of drug-likeness (QED) is 0.779. The Morgan fingerprint density at radius 1 is 1.00 bits per heavy atom. The van der Waals surface area contributed by atoms with E-state index in [0.717, 1.165) is 5.56 Å². The highest BCUT2D eigenvalue weighted by atomic mass is 35.5. The zero-order valence-corrected chi connectivity index (χ0v) is 14.5. The Morgan fingerprint density at radius 3 is 2.60 bits per heavy atom. The molecule has 0 fully saturated rings. The number of hydrogen-bond acceptors (Lipinski definition) is 4. The van der Waals surface area contributed by atoms with E-state index in [4.69, 9.17) is 32.7 Å². The van der Waals surface area contributed by atoms with Gasteiger partial charge in [-0.25, -0.2) is 0 Å². The second kappa shape index (κ2) is 7.63. The van der Waals surface area contributed by atoms with Gasteiger partial charge in [-0.2, -0.15) is 0 Å². The third-order valence-electron chi connectivity index (χ3n) is 3.45. The first kappa shape index (κ1) is 17.4. The van der Waals surface area contributed by atoms with Crippen LogP contribution in [0.3, 0.4) is 0 Å². The van der Waals surface area contributed by atoms with Crippen LogP contribution in [0.4, 0.5) is 5.69 Å². The molecule has 0 bridgehead atoms. The number of nitrogens with one attached hydrogen (secondary N) is 2. The summed E-state index contributed by atoms with van der Waals surface area (Å²) >= 11 is 11.8. The van der Waals surface area contributed by atoms with Crippen LogP contribution in [-0.2, 0) is 16.1 Å². The van der Waals surface area contributed by atoms with Gasteiger partial charge in [0.2, 0.25) is 18.6 Å². The van der Waals surface area contributed by atoms with Crippen LogP contribution in [0.5, 0.6) is 11.5 Å². The topological polar surface area (TPSA) is 76.7 Å². The van der Waals surface area contributed by atoms with Crippen molar-refractivity contribution in [3.8, 4) is 11.5 Å². The summed E-state index contributed by atoms with van der Waals surface area (Å²) in [4.78, 5) is 23.8. The van der Waals surface area contributed by atoms with Crippen LogP contribution in [0.1, 0.15) is 12.0 Å². The summed E-state index contributed by atoms with van der Waals surface area (Å²) in [5.74, 6) is 0.448. The van der Waals surface area contributed by atoms with Crippen molar-refractivity contribution in [1.82, 2.24) is 5.32 Å². The summed E-state index contributed by atoms with van der Waals surface area (Å²) in [5, 5.41) is 6.02. The normalized spacial score (nSPS) is 11.9. The minimum absolute atomic E-state index is 0.193. The highest BCUT2D eigenvalue weighted by Gasteiger charge is 2.14. The van der Waals surface area contributed by atoms with Crippen LogP contribution in [0.25, 0.3) is 0 Å². The first-order chi connectivity index (χ1) is 12.0. The first-order valence-corrected chi connectivity index (χ1v) is 8.17. The molecule has 2 amide bonds. The van der Waals surface area contributed by atoms with Crippen molar-refractivity contribution < 1.29 is 19.1 Å². The molecule has 2 N–H and O–H groups in total. The van der Waals surface area contributed by atoms with E-state index in [1.807, 2.05) is 6.07 Å². The van der Waals surface area contributed by atoms with E-state index in [9.17, 15) is 9.59 Å². The Labute approximate surface area is 154 Å². The van der Waals surface area contributed by atoms with Crippen LogP contribution in [0.15, 0.2) is 36.4 Å². The van der Waals surface area contributed by atoms with E-state index < -0.39 is 11.8 Å². The van der Waals surface area contributed by atoms with Gasteiger partial charge in [0.1, 0.15) is 6.42 Å². The van der Waals surface area contributed by atoms with E-state index >= 15 is 0 Å². The van der Waals surface area contributed by atoms with Crippen molar-refractivity contribution in [2.75, 3.05) is 12.1 Å². The molecule has 2 aromatic carbocycles. The van der Waals surface area contributed by atoms with Crippen LogP contribution in [0.2, 0.25) is 10.0 Å². The average molecular weight is 381 g/mol. The predicted octanol–water partition coefficient (Wildman–Crippen LogP) is 3.37.